The summed E-state index contributed by atoms with van der Waals surface area (Å²) in [7, 11) is 0. The second-order valence-electron chi connectivity index (χ2n) is 9.75. The van der Waals surface area contributed by atoms with Crippen molar-refractivity contribution in [3.05, 3.63) is 106 Å². The van der Waals surface area contributed by atoms with Gasteiger partial charge in [-0.3, -0.25) is 9.59 Å². The molecule has 1 aliphatic heterocycles. The van der Waals surface area contributed by atoms with E-state index >= 15 is 0 Å². The maximum absolute atomic E-state index is 13.3. The van der Waals surface area contributed by atoms with Crippen molar-refractivity contribution >= 4 is 22.5 Å². The Balaban J connectivity index is 1.68. The number of carbonyl (C=O) groups is 1. The standard InChI is InChI=1S/C32H34N6O2/c1-5-15-37(16-6-2)31(39)25-19-27(22(3)4)28(36-29(33)20-25)11-9-23-8-10-26-24(18-23)12-17-38(32(26)40)21-30-34-13-7-14-35-30/h7-8,10,12-14,17-19H,3,5-6,15-16,20-21H2,1-2,4H3,(H2,33,36). The highest BCUT2D eigenvalue weighted by molar-refractivity contribution is 6.01. The molecule has 0 aliphatic carbocycles. The minimum atomic E-state index is -0.125. The Hall–Kier alpha value is -4.77. The lowest BCUT2D eigenvalue weighted by Crippen LogP contribution is -2.34. The Bertz CT molecular complexity index is 1650. The molecule has 0 saturated heterocycles. The molecule has 1 aliphatic rings. The van der Waals surface area contributed by atoms with Crippen LogP contribution in [0.4, 0.5) is 0 Å². The normalized spacial score (nSPS) is 13.2. The van der Waals surface area contributed by atoms with Crippen LogP contribution < -0.4 is 11.3 Å². The molecule has 1 aromatic carbocycles. The van der Waals surface area contributed by atoms with Crippen LogP contribution in [0.15, 0.2) is 93.8 Å². The predicted octanol–water partition coefficient (Wildman–Crippen LogP) is 4.36. The van der Waals surface area contributed by atoms with Crippen molar-refractivity contribution < 1.29 is 4.79 Å². The lowest BCUT2D eigenvalue weighted by Gasteiger charge is -2.23. The van der Waals surface area contributed by atoms with Gasteiger partial charge in [-0.15, -0.1) is 0 Å². The number of pyridine rings is 1. The molecule has 1 amide bonds. The summed E-state index contributed by atoms with van der Waals surface area (Å²) in [6.45, 7) is 11.7. The van der Waals surface area contributed by atoms with E-state index in [0.717, 1.165) is 29.4 Å². The van der Waals surface area contributed by atoms with E-state index in [1.807, 2.05) is 36.1 Å². The summed E-state index contributed by atoms with van der Waals surface area (Å²) in [4.78, 5) is 41.2. The first kappa shape index (κ1) is 28.2. The third kappa shape index (κ3) is 6.62. The molecule has 0 spiro atoms. The van der Waals surface area contributed by atoms with Gasteiger partial charge in [-0.1, -0.05) is 26.3 Å². The topological polar surface area (TPSA) is 106 Å². The molecule has 2 aromatic heterocycles. The van der Waals surface area contributed by atoms with Gasteiger partial charge in [0.05, 0.1) is 6.54 Å². The molecule has 3 aromatic rings. The zero-order chi connectivity index (χ0) is 28.6. The van der Waals surface area contributed by atoms with E-state index in [1.165, 1.54) is 0 Å². The fourth-order valence-electron chi connectivity index (χ4n) is 4.53. The number of aliphatic imine (C=N–C) groups is 1. The third-order valence-electron chi connectivity index (χ3n) is 6.44. The minimum Gasteiger partial charge on any atom is -0.387 e. The largest absolute Gasteiger partial charge is 0.387 e. The van der Waals surface area contributed by atoms with Gasteiger partial charge in [0.1, 0.15) is 17.4 Å². The van der Waals surface area contributed by atoms with Crippen molar-refractivity contribution in [1.29, 1.82) is 0 Å². The minimum absolute atomic E-state index is 0.0335. The molecule has 4 rings (SSSR count). The maximum Gasteiger partial charge on any atom is 0.258 e. The third-order valence-corrected chi connectivity index (χ3v) is 6.44. The molecule has 0 unspecified atom stereocenters. The SMILES string of the molecule is C=C(C)C1=C(C#Cc2ccc3c(=O)n(Cc4ncccn4)ccc3c2)N=C(N)CC(C(=O)N(CCC)CCC)=C1. The number of rotatable bonds is 8. The Morgan fingerprint density at radius 3 is 2.52 bits per heavy atom. The Morgan fingerprint density at radius 1 is 1.12 bits per heavy atom. The van der Waals surface area contributed by atoms with E-state index < -0.39 is 0 Å². The molecular formula is C32H34N6O2. The molecule has 8 heteroatoms. The van der Waals surface area contributed by atoms with Gasteiger partial charge in [-0.2, -0.15) is 0 Å². The number of aromatic nitrogens is 3. The van der Waals surface area contributed by atoms with Crippen molar-refractivity contribution in [2.45, 2.75) is 46.6 Å². The number of nitrogens with two attached hydrogens (primary N) is 1. The van der Waals surface area contributed by atoms with Crippen molar-refractivity contribution in [3.8, 4) is 11.8 Å². The summed E-state index contributed by atoms with van der Waals surface area (Å²) in [6, 6.07) is 9.07. The molecule has 0 atom stereocenters. The molecule has 0 fully saturated rings. The average molecular weight is 535 g/mol. The van der Waals surface area contributed by atoms with Crippen molar-refractivity contribution in [2.75, 3.05) is 13.1 Å². The second-order valence-corrected chi connectivity index (χ2v) is 9.75. The highest BCUT2D eigenvalue weighted by atomic mass is 16.2. The average Bonchev–Trinajstić information content (AvgIpc) is 3.12. The molecule has 8 nitrogen and oxygen atoms in total. The van der Waals surface area contributed by atoms with Gasteiger partial charge in [0, 0.05) is 60.2 Å². The number of hydrogen-bond acceptors (Lipinski definition) is 6. The first-order valence-electron chi connectivity index (χ1n) is 13.4. The summed E-state index contributed by atoms with van der Waals surface area (Å²) < 4.78 is 1.59. The highest BCUT2D eigenvalue weighted by Crippen LogP contribution is 2.24. The second kappa shape index (κ2) is 12.9. The zero-order valence-corrected chi connectivity index (χ0v) is 23.3. The molecule has 0 saturated carbocycles. The van der Waals surface area contributed by atoms with Crippen LogP contribution in [0.3, 0.4) is 0 Å². The van der Waals surface area contributed by atoms with Crippen LogP contribution in [0.25, 0.3) is 10.8 Å². The number of benzene rings is 1. The quantitative estimate of drug-likeness (QED) is 0.432. The number of hydrogen-bond donors (Lipinski definition) is 1. The van der Waals surface area contributed by atoms with E-state index in [4.69, 9.17) is 5.73 Å². The molecule has 2 N–H and O–H groups in total. The summed E-state index contributed by atoms with van der Waals surface area (Å²) in [5.74, 6) is 7.15. The summed E-state index contributed by atoms with van der Waals surface area (Å²) in [5.41, 5.74) is 9.33. The van der Waals surface area contributed by atoms with Crippen LogP contribution >= 0.6 is 0 Å². The van der Waals surface area contributed by atoms with E-state index in [0.29, 0.717) is 53.5 Å². The van der Waals surface area contributed by atoms with Crippen LogP contribution in [-0.4, -0.2) is 44.3 Å². The summed E-state index contributed by atoms with van der Waals surface area (Å²) >= 11 is 0. The highest BCUT2D eigenvalue weighted by Gasteiger charge is 2.21. The zero-order valence-electron chi connectivity index (χ0n) is 23.3. The monoisotopic (exact) mass is 534 g/mol. The van der Waals surface area contributed by atoms with Gasteiger partial charge in [0.25, 0.3) is 5.56 Å². The Labute approximate surface area is 234 Å². The van der Waals surface area contributed by atoms with Gasteiger partial charge in [0.15, 0.2) is 0 Å². The van der Waals surface area contributed by atoms with Crippen LogP contribution in [-0.2, 0) is 11.3 Å². The van der Waals surface area contributed by atoms with Crippen LogP contribution in [0, 0.1) is 11.8 Å². The van der Waals surface area contributed by atoms with E-state index in [9.17, 15) is 9.59 Å². The number of allylic oxidation sites excluding steroid dienone is 4. The van der Waals surface area contributed by atoms with Crippen LogP contribution in [0.5, 0.6) is 0 Å². The van der Waals surface area contributed by atoms with Gasteiger partial charge in [-0.05, 0) is 73.1 Å². The smallest absolute Gasteiger partial charge is 0.258 e. The van der Waals surface area contributed by atoms with Crippen molar-refractivity contribution in [3.63, 3.8) is 0 Å². The molecule has 40 heavy (non-hydrogen) atoms. The fourth-order valence-corrected chi connectivity index (χ4v) is 4.53. The van der Waals surface area contributed by atoms with Gasteiger partial charge >= 0.3 is 0 Å². The van der Waals surface area contributed by atoms with Gasteiger partial charge in [0.2, 0.25) is 5.91 Å². The number of carbonyl (C=O) groups excluding carboxylic acids is 1. The molecule has 204 valence electrons. The van der Waals surface area contributed by atoms with Gasteiger partial charge in [-0.25, -0.2) is 15.0 Å². The predicted molar refractivity (Wildman–Crippen MR) is 160 cm³/mol. The first-order chi connectivity index (χ1) is 19.3. The Kier molecular flexibility index (Phi) is 9.07. The number of amides is 1. The van der Waals surface area contributed by atoms with E-state index in [-0.39, 0.29) is 17.9 Å². The fraction of sp³-hybridized carbons (Fsp3) is 0.281. The van der Waals surface area contributed by atoms with E-state index in [2.05, 4.69) is 47.2 Å². The van der Waals surface area contributed by atoms with E-state index in [1.54, 1.807) is 35.3 Å². The Morgan fingerprint density at radius 2 is 1.85 bits per heavy atom. The number of amidine groups is 1. The molecule has 3 heterocycles. The lowest BCUT2D eigenvalue weighted by atomic mass is 10.0. The van der Waals surface area contributed by atoms with Gasteiger partial charge < -0.3 is 15.2 Å². The lowest BCUT2D eigenvalue weighted by molar-refractivity contribution is -0.127. The van der Waals surface area contributed by atoms with Crippen LogP contribution in [0.1, 0.15) is 51.4 Å². The summed E-state index contributed by atoms with van der Waals surface area (Å²) in [6.07, 6.45) is 8.88. The maximum atomic E-state index is 13.3. The number of fused-ring (bicyclic) bond motifs is 1. The summed E-state index contributed by atoms with van der Waals surface area (Å²) in [5, 5.41) is 1.36. The molecule has 0 bridgehead atoms. The first-order valence-corrected chi connectivity index (χ1v) is 13.4. The number of nitrogens with zero attached hydrogens (tertiary/aromatic N) is 5. The van der Waals surface area contributed by atoms with Crippen LogP contribution in [0.2, 0.25) is 0 Å². The molecular weight excluding hydrogens is 500 g/mol. The van der Waals surface area contributed by atoms with Crippen molar-refractivity contribution in [2.24, 2.45) is 10.7 Å². The molecule has 0 radical (unpaired) electrons. The van der Waals surface area contributed by atoms with Crippen molar-refractivity contribution in [1.82, 2.24) is 19.4 Å².